The molecule has 2 aliphatic heterocycles. The number of nitrogen functional groups attached to an aromatic ring is 1. The van der Waals surface area contributed by atoms with Crippen LogP contribution in [0, 0.1) is 0 Å². The van der Waals surface area contributed by atoms with Gasteiger partial charge in [0.25, 0.3) is 5.91 Å². The van der Waals surface area contributed by atoms with Crippen LogP contribution in [0.1, 0.15) is 41.7 Å². The van der Waals surface area contributed by atoms with Gasteiger partial charge in [0.15, 0.2) is 11.5 Å². The van der Waals surface area contributed by atoms with Crippen LogP contribution in [0.25, 0.3) is 0 Å². The Labute approximate surface area is 154 Å². The van der Waals surface area contributed by atoms with Crippen LogP contribution in [0.4, 0.5) is 5.82 Å². The Balaban J connectivity index is 1.52. The van der Waals surface area contributed by atoms with Crippen LogP contribution in [-0.4, -0.2) is 50.8 Å². The topological polar surface area (TPSA) is 75.3 Å². The zero-order chi connectivity index (χ0) is 17.9. The SMILES string of the molecule is Nc1nccnc1C(=O)N1CCCC1C1CCCN1Cc1ccccc1. The monoisotopic (exact) mass is 351 g/mol. The molecular formula is C20H25N5O. The first-order chi connectivity index (χ1) is 12.7. The molecule has 2 N–H and O–H groups in total. The lowest BCUT2D eigenvalue weighted by molar-refractivity contribution is 0.0634. The van der Waals surface area contributed by atoms with Gasteiger partial charge < -0.3 is 10.6 Å². The van der Waals surface area contributed by atoms with Crippen LogP contribution in [-0.2, 0) is 6.54 Å². The van der Waals surface area contributed by atoms with Gasteiger partial charge in [-0.3, -0.25) is 9.69 Å². The highest BCUT2D eigenvalue weighted by Gasteiger charge is 2.40. The maximum Gasteiger partial charge on any atom is 0.276 e. The third kappa shape index (κ3) is 3.29. The molecule has 0 radical (unpaired) electrons. The molecule has 26 heavy (non-hydrogen) atoms. The number of likely N-dealkylation sites (tertiary alicyclic amines) is 2. The second-order valence-electron chi connectivity index (χ2n) is 7.16. The molecule has 2 atom stereocenters. The van der Waals surface area contributed by atoms with Crippen molar-refractivity contribution >= 4 is 11.7 Å². The van der Waals surface area contributed by atoms with Gasteiger partial charge in [0.2, 0.25) is 0 Å². The summed E-state index contributed by atoms with van der Waals surface area (Å²) < 4.78 is 0. The van der Waals surface area contributed by atoms with E-state index in [4.69, 9.17) is 5.73 Å². The molecule has 4 rings (SSSR count). The predicted octanol–water partition coefficient (Wildman–Crippen LogP) is 2.33. The van der Waals surface area contributed by atoms with Crippen LogP contribution in [0.3, 0.4) is 0 Å². The Morgan fingerprint density at radius 1 is 1.04 bits per heavy atom. The molecule has 2 aromatic rings. The van der Waals surface area contributed by atoms with E-state index in [9.17, 15) is 4.79 Å². The van der Waals surface area contributed by atoms with Crippen molar-refractivity contribution < 1.29 is 4.79 Å². The summed E-state index contributed by atoms with van der Waals surface area (Å²) >= 11 is 0. The first-order valence-electron chi connectivity index (χ1n) is 9.39. The summed E-state index contributed by atoms with van der Waals surface area (Å²) in [5, 5.41) is 0. The Morgan fingerprint density at radius 2 is 1.77 bits per heavy atom. The summed E-state index contributed by atoms with van der Waals surface area (Å²) in [6.45, 7) is 2.80. The van der Waals surface area contributed by atoms with E-state index in [0.717, 1.165) is 38.9 Å². The van der Waals surface area contributed by atoms with E-state index in [1.165, 1.54) is 24.4 Å². The number of carbonyl (C=O) groups excluding carboxylic acids is 1. The van der Waals surface area contributed by atoms with Gasteiger partial charge in [-0.2, -0.15) is 0 Å². The number of aromatic nitrogens is 2. The summed E-state index contributed by atoms with van der Waals surface area (Å²) in [5.41, 5.74) is 7.50. The first-order valence-corrected chi connectivity index (χ1v) is 9.39. The molecule has 2 aliphatic rings. The molecule has 0 saturated carbocycles. The fourth-order valence-corrected chi connectivity index (χ4v) is 4.40. The number of hydrogen-bond donors (Lipinski definition) is 1. The van der Waals surface area contributed by atoms with Crippen LogP contribution in [0.5, 0.6) is 0 Å². The highest BCUT2D eigenvalue weighted by molar-refractivity contribution is 5.96. The van der Waals surface area contributed by atoms with E-state index in [-0.39, 0.29) is 23.5 Å². The third-order valence-corrected chi connectivity index (χ3v) is 5.58. The summed E-state index contributed by atoms with van der Waals surface area (Å²) in [7, 11) is 0. The maximum atomic E-state index is 13.0. The van der Waals surface area contributed by atoms with E-state index in [1.54, 1.807) is 0 Å². The number of nitrogens with zero attached hydrogens (tertiary/aromatic N) is 4. The van der Waals surface area contributed by atoms with Crippen molar-refractivity contribution in [2.75, 3.05) is 18.8 Å². The molecule has 3 heterocycles. The van der Waals surface area contributed by atoms with Gasteiger partial charge >= 0.3 is 0 Å². The van der Waals surface area contributed by atoms with Gasteiger partial charge in [-0.1, -0.05) is 30.3 Å². The molecule has 0 aliphatic carbocycles. The molecule has 2 fully saturated rings. The Hall–Kier alpha value is -2.47. The number of hydrogen-bond acceptors (Lipinski definition) is 5. The van der Waals surface area contributed by atoms with E-state index < -0.39 is 0 Å². The van der Waals surface area contributed by atoms with Crippen molar-refractivity contribution in [3.8, 4) is 0 Å². The number of carbonyl (C=O) groups is 1. The van der Waals surface area contributed by atoms with E-state index in [0.29, 0.717) is 6.04 Å². The molecule has 0 bridgehead atoms. The molecule has 0 spiro atoms. The number of nitrogens with two attached hydrogens (primary N) is 1. The zero-order valence-electron chi connectivity index (χ0n) is 14.9. The van der Waals surface area contributed by atoms with Crippen molar-refractivity contribution in [1.82, 2.24) is 19.8 Å². The van der Waals surface area contributed by atoms with Crippen LogP contribution >= 0.6 is 0 Å². The summed E-state index contributed by atoms with van der Waals surface area (Å²) in [4.78, 5) is 25.7. The number of amides is 1. The largest absolute Gasteiger partial charge is 0.382 e. The molecule has 136 valence electrons. The van der Waals surface area contributed by atoms with Crippen molar-refractivity contribution in [1.29, 1.82) is 0 Å². The van der Waals surface area contributed by atoms with Gasteiger partial charge in [0.05, 0.1) is 0 Å². The quantitative estimate of drug-likeness (QED) is 0.915. The van der Waals surface area contributed by atoms with Gasteiger partial charge in [-0.15, -0.1) is 0 Å². The second kappa shape index (κ2) is 7.41. The summed E-state index contributed by atoms with van der Waals surface area (Å²) in [6, 6.07) is 11.2. The molecular weight excluding hydrogens is 326 g/mol. The Bertz CT molecular complexity index is 766. The average Bonchev–Trinajstić information content (AvgIpc) is 3.31. The third-order valence-electron chi connectivity index (χ3n) is 5.58. The molecule has 6 heteroatoms. The highest BCUT2D eigenvalue weighted by atomic mass is 16.2. The minimum atomic E-state index is -0.0790. The summed E-state index contributed by atoms with van der Waals surface area (Å²) in [5.74, 6) is 0.139. The molecule has 1 aromatic heterocycles. The van der Waals surface area contributed by atoms with E-state index >= 15 is 0 Å². The maximum absolute atomic E-state index is 13.0. The lowest BCUT2D eigenvalue weighted by Gasteiger charge is -2.35. The first kappa shape index (κ1) is 17.0. The van der Waals surface area contributed by atoms with Gasteiger partial charge in [-0.25, -0.2) is 9.97 Å². The highest BCUT2D eigenvalue weighted by Crippen LogP contribution is 2.32. The molecule has 2 saturated heterocycles. The van der Waals surface area contributed by atoms with Crippen molar-refractivity contribution in [3.63, 3.8) is 0 Å². The Kier molecular flexibility index (Phi) is 4.84. The molecule has 2 unspecified atom stereocenters. The minimum Gasteiger partial charge on any atom is -0.382 e. The molecule has 1 aromatic carbocycles. The van der Waals surface area contributed by atoms with Crippen molar-refractivity contribution in [2.45, 2.75) is 44.3 Å². The summed E-state index contributed by atoms with van der Waals surface area (Å²) in [6.07, 6.45) is 7.45. The second-order valence-corrected chi connectivity index (χ2v) is 7.16. The van der Waals surface area contributed by atoms with Crippen LogP contribution < -0.4 is 5.73 Å². The molecule has 1 amide bonds. The smallest absolute Gasteiger partial charge is 0.276 e. The van der Waals surface area contributed by atoms with Crippen LogP contribution in [0.2, 0.25) is 0 Å². The average molecular weight is 351 g/mol. The lowest BCUT2D eigenvalue weighted by atomic mass is 10.0. The normalized spacial score (nSPS) is 23.5. The van der Waals surface area contributed by atoms with E-state index in [2.05, 4.69) is 39.1 Å². The van der Waals surface area contributed by atoms with E-state index in [1.807, 2.05) is 11.0 Å². The minimum absolute atomic E-state index is 0.0790. The standard InChI is InChI=1S/C20H25N5O/c21-19-18(22-10-11-23-19)20(26)25-13-5-9-17(25)16-8-4-12-24(16)14-15-6-2-1-3-7-15/h1-3,6-7,10-11,16-17H,4-5,8-9,12-14H2,(H2,21,23). The Morgan fingerprint density at radius 3 is 2.58 bits per heavy atom. The fourth-order valence-electron chi connectivity index (χ4n) is 4.40. The van der Waals surface area contributed by atoms with Crippen molar-refractivity contribution in [2.24, 2.45) is 0 Å². The fraction of sp³-hybridized carbons (Fsp3) is 0.450. The number of benzene rings is 1. The molecule has 6 nitrogen and oxygen atoms in total. The van der Waals surface area contributed by atoms with Gasteiger partial charge in [0, 0.05) is 37.6 Å². The predicted molar refractivity (Wildman–Crippen MR) is 100 cm³/mol. The number of rotatable bonds is 4. The van der Waals surface area contributed by atoms with Gasteiger partial charge in [-0.05, 0) is 37.8 Å². The van der Waals surface area contributed by atoms with Crippen LogP contribution in [0.15, 0.2) is 42.7 Å². The lowest BCUT2D eigenvalue weighted by Crippen LogP contribution is -2.48. The van der Waals surface area contributed by atoms with Crippen molar-refractivity contribution in [3.05, 3.63) is 54.0 Å². The van der Waals surface area contributed by atoms with Gasteiger partial charge in [0.1, 0.15) is 0 Å². The number of anilines is 1. The zero-order valence-corrected chi connectivity index (χ0v) is 14.9.